The molecule has 0 saturated carbocycles. The molecule has 0 spiro atoms. The lowest BCUT2D eigenvalue weighted by Gasteiger charge is -2.21. The maximum absolute atomic E-state index is 13.1. The minimum Gasteiger partial charge on any atom is -0.462 e. The predicted molar refractivity (Wildman–Crippen MR) is 423 cm³/mol. The summed E-state index contributed by atoms with van der Waals surface area (Å²) in [5, 5.41) is 10.7. The van der Waals surface area contributed by atoms with Gasteiger partial charge in [0.2, 0.25) is 0 Å². The standard InChI is InChI=1S/C84H164O17P2/c1-8-10-11-12-13-14-15-16-17-18-19-20-21-22-23-24-29-32-37-46-53-60-67-83(88)100-79(71-94-81(86)65-58-51-44-36-31-28-26-25-27-30-34-41-48-55-62-75(3)4)73-98-102(90,91)96-69-78(85)70-97-103(92,93)99-74-80(101-84(89)68-61-54-47-38-33-35-42-49-56-63-76(5)6)72-95-82(87)66-59-52-45-40-39-43-50-57-64-77(7)9-2/h75-80,85H,8-74H2,1-7H3,(H,90,91)(H,92,93)/t77?,78-,79-,80-/m1/s1. The van der Waals surface area contributed by atoms with Gasteiger partial charge in [-0.15, -0.1) is 0 Å². The molecule has 612 valence electrons. The van der Waals surface area contributed by atoms with Gasteiger partial charge in [-0.2, -0.15) is 0 Å². The second-order valence-electron chi connectivity index (χ2n) is 31.4. The van der Waals surface area contributed by atoms with Crippen molar-refractivity contribution >= 4 is 39.5 Å². The van der Waals surface area contributed by atoms with E-state index in [0.29, 0.717) is 25.7 Å². The van der Waals surface area contributed by atoms with Crippen LogP contribution in [0.4, 0.5) is 0 Å². The molecular formula is C84H164O17P2. The third-order valence-corrected chi connectivity index (χ3v) is 21.9. The van der Waals surface area contributed by atoms with Gasteiger partial charge in [0, 0.05) is 25.7 Å². The van der Waals surface area contributed by atoms with Crippen LogP contribution in [0.25, 0.3) is 0 Å². The summed E-state index contributed by atoms with van der Waals surface area (Å²) in [6.07, 6.45) is 64.0. The van der Waals surface area contributed by atoms with Crippen LogP contribution in [0.1, 0.15) is 440 Å². The maximum Gasteiger partial charge on any atom is 0.472 e. The smallest absolute Gasteiger partial charge is 0.462 e. The SMILES string of the molecule is CCCCCCCCCCCCCCCCCCCCCCCCC(=O)O[C@H](COC(=O)CCCCCCCCCCCCCCCCC(C)C)COP(=O)(O)OC[C@@H](O)COP(=O)(O)OC[C@@H](COC(=O)CCCCCCCCCCC(C)CC)OC(=O)CCCCCCCCCCCC(C)C. The van der Waals surface area contributed by atoms with Crippen molar-refractivity contribution in [2.75, 3.05) is 39.6 Å². The van der Waals surface area contributed by atoms with Crippen LogP contribution in [0.5, 0.6) is 0 Å². The number of phosphoric acid groups is 2. The monoisotopic (exact) mass is 1510 g/mol. The van der Waals surface area contributed by atoms with Gasteiger partial charge in [-0.3, -0.25) is 37.3 Å². The van der Waals surface area contributed by atoms with Crippen molar-refractivity contribution in [2.45, 2.75) is 458 Å². The van der Waals surface area contributed by atoms with Crippen LogP contribution in [-0.4, -0.2) is 96.7 Å². The third-order valence-electron chi connectivity index (χ3n) is 20.0. The molecule has 0 radical (unpaired) electrons. The summed E-state index contributed by atoms with van der Waals surface area (Å²) < 4.78 is 68.8. The summed E-state index contributed by atoms with van der Waals surface area (Å²) in [5.74, 6) is 0.203. The second-order valence-corrected chi connectivity index (χ2v) is 34.3. The Morgan fingerprint density at radius 3 is 0.738 bits per heavy atom. The van der Waals surface area contributed by atoms with E-state index in [0.717, 1.165) is 108 Å². The molecule has 0 aliphatic rings. The minimum absolute atomic E-state index is 0.105. The highest BCUT2D eigenvalue weighted by Crippen LogP contribution is 2.45. The van der Waals surface area contributed by atoms with E-state index in [1.807, 2.05) is 0 Å². The Balaban J connectivity index is 5.23. The molecule has 19 heteroatoms. The fourth-order valence-corrected chi connectivity index (χ4v) is 14.6. The summed E-state index contributed by atoms with van der Waals surface area (Å²) >= 11 is 0. The van der Waals surface area contributed by atoms with Crippen LogP contribution in [-0.2, 0) is 65.4 Å². The van der Waals surface area contributed by atoms with E-state index in [1.54, 1.807) is 0 Å². The molecular weight excluding hydrogens is 1340 g/mol. The summed E-state index contributed by atoms with van der Waals surface area (Å²) in [6.45, 7) is 12.0. The van der Waals surface area contributed by atoms with E-state index in [9.17, 15) is 43.2 Å². The van der Waals surface area contributed by atoms with Gasteiger partial charge < -0.3 is 33.8 Å². The van der Waals surface area contributed by atoms with Gasteiger partial charge in [-0.1, -0.05) is 389 Å². The zero-order chi connectivity index (χ0) is 75.8. The number of esters is 4. The first kappa shape index (κ1) is 101. The van der Waals surface area contributed by atoms with Crippen molar-refractivity contribution in [3.8, 4) is 0 Å². The molecule has 0 aliphatic heterocycles. The normalized spacial score (nSPS) is 14.2. The topological polar surface area (TPSA) is 237 Å². The Morgan fingerprint density at radius 2 is 0.495 bits per heavy atom. The van der Waals surface area contributed by atoms with Gasteiger partial charge in [0.1, 0.15) is 19.3 Å². The van der Waals surface area contributed by atoms with Crippen LogP contribution < -0.4 is 0 Å². The van der Waals surface area contributed by atoms with Crippen molar-refractivity contribution in [2.24, 2.45) is 17.8 Å². The number of unbranched alkanes of at least 4 members (excludes halogenated alkanes) is 49. The first-order valence-corrected chi connectivity index (χ1v) is 46.4. The van der Waals surface area contributed by atoms with E-state index >= 15 is 0 Å². The molecule has 0 bridgehead atoms. The van der Waals surface area contributed by atoms with Gasteiger partial charge in [-0.25, -0.2) is 9.13 Å². The molecule has 0 aliphatic carbocycles. The maximum atomic E-state index is 13.1. The van der Waals surface area contributed by atoms with Gasteiger partial charge in [0.15, 0.2) is 12.2 Å². The van der Waals surface area contributed by atoms with E-state index in [1.165, 1.54) is 250 Å². The Morgan fingerprint density at radius 1 is 0.282 bits per heavy atom. The number of aliphatic hydroxyl groups is 1. The Kier molecular flexibility index (Phi) is 72.8. The number of hydrogen-bond acceptors (Lipinski definition) is 15. The predicted octanol–water partition coefficient (Wildman–Crippen LogP) is 25.3. The van der Waals surface area contributed by atoms with Gasteiger partial charge in [-0.05, 0) is 43.4 Å². The highest BCUT2D eigenvalue weighted by molar-refractivity contribution is 7.47. The van der Waals surface area contributed by atoms with Crippen molar-refractivity contribution in [1.29, 1.82) is 0 Å². The summed E-state index contributed by atoms with van der Waals surface area (Å²) in [6, 6.07) is 0. The molecule has 103 heavy (non-hydrogen) atoms. The molecule has 0 saturated heterocycles. The van der Waals surface area contributed by atoms with Gasteiger partial charge in [0.25, 0.3) is 0 Å². The first-order valence-electron chi connectivity index (χ1n) is 43.4. The Labute approximate surface area is 632 Å². The average Bonchev–Trinajstić information content (AvgIpc) is 1.37. The Bertz CT molecular complexity index is 1990. The van der Waals surface area contributed by atoms with Crippen LogP contribution in [0.2, 0.25) is 0 Å². The molecule has 3 unspecified atom stereocenters. The van der Waals surface area contributed by atoms with E-state index in [2.05, 4.69) is 48.5 Å². The molecule has 0 rings (SSSR count). The van der Waals surface area contributed by atoms with Gasteiger partial charge >= 0.3 is 39.5 Å². The third kappa shape index (κ3) is 76.6. The number of hydrogen-bond donors (Lipinski definition) is 3. The summed E-state index contributed by atoms with van der Waals surface area (Å²) in [7, 11) is -9.93. The largest absolute Gasteiger partial charge is 0.472 e. The number of carbonyl (C=O) groups excluding carboxylic acids is 4. The highest BCUT2D eigenvalue weighted by atomic mass is 31.2. The number of carbonyl (C=O) groups is 4. The van der Waals surface area contributed by atoms with E-state index < -0.39 is 97.5 Å². The van der Waals surface area contributed by atoms with Crippen molar-refractivity contribution in [3.05, 3.63) is 0 Å². The lowest BCUT2D eigenvalue weighted by Crippen LogP contribution is -2.30. The van der Waals surface area contributed by atoms with Crippen LogP contribution in [0, 0.1) is 17.8 Å². The fraction of sp³-hybridized carbons (Fsp3) is 0.952. The Hall–Kier alpha value is -1.94. The number of phosphoric ester groups is 2. The fourth-order valence-electron chi connectivity index (χ4n) is 13.0. The van der Waals surface area contributed by atoms with Crippen molar-refractivity contribution < 1.29 is 80.2 Å². The molecule has 0 aromatic heterocycles. The van der Waals surface area contributed by atoms with Crippen LogP contribution in [0.15, 0.2) is 0 Å². The number of aliphatic hydroxyl groups excluding tert-OH is 1. The lowest BCUT2D eigenvalue weighted by molar-refractivity contribution is -0.161. The first-order chi connectivity index (χ1) is 49.8. The molecule has 3 N–H and O–H groups in total. The van der Waals surface area contributed by atoms with Crippen molar-refractivity contribution in [1.82, 2.24) is 0 Å². The second kappa shape index (κ2) is 74.2. The molecule has 0 aromatic carbocycles. The summed E-state index contributed by atoms with van der Waals surface area (Å²) in [5.41, 5.74) is 0. The zero-order valence-electron chi connectivity index (χ0n) is 67.8. The summed E-state index contributed by atoms with van der Waals surface area (Å²) in [4.78, 5) is 73.1. The molecule has 0 heterocycles. The quantitative estimate of drug-likeness (QED) is 0.0222. The molecule has 6 atom stereocenters. The number of ether oxygens (including phenoxy) is 4. The van der Waals surface area contributed by atoms with E-state index in [-0.39, 0.29) is 25.7 Å². The van der Waals surface area contributed by atoms with E-state index in [4.69, 9.17) is 37.0 Å². The minimum atomic E-state index is -4.96. The highest BCUT2D eigenvalue weighted by Gasteiger charge is 2.30. The van der Waals surface area contributed by atoms with Crippen LogP contribution in [0.3, 0.4) is 0 Å². The number of rotatable bonds is 82. The van der Waals surface area contributed by atoms with Gasteiger partial charge in [0.05, 0.1) is 26.4 Å². The molecule has 0 fully saturated rings. The van der Waals surface area contributed by atoms with Crippen molar-refractivity contribution in [3.63, 3.8) is 0 Å². The molecule has 0 amide bonds. The zero-order valence-corrected chi connectivity index (χ0v) is 69.6. The molecule has 0 aromatic rings. The molecule has 17 nitrogen and oxygen atoms in total. The average molecular weight is 1510 g/mol. The van der Waals surface area contributed by atoms with Crippen LogP contribution >= 0.6 is 15.6 Å². The lowest BCUT2D eigenvalue weighted by atomic mass is 9.99.